The maximum atomic E-state index is 12.0. The molecule has 0 aromatic carbocycles. The molecule has 0 radical (unpaired) electrons. The normalized spacial score (nSPS) is 51.4. The molecule has 0 amide bonds. The fourth-order valence-electron chi connectivity index (χ4n) is 6.67. The van der Waals surface area contributed by atoms with Gasteiger partial charge in [-0.1, -0.05) is 25.5 Å². The predicted octanol–water partition coefficient (Wildman–Crippen LogP) is 4.27. The van der Waals surface area contributed by atoms with E-state index in [4.69, 9.17) is 0 Å². The SMILES string of the molecule is CC12CCC3C(CC=C4CC(O)CCC43C)C1CCC(=O)C2. The highest BCUT2D eigenvalue weighted by Crippen LogP contribution is 2.63. The maximum Gasteiger partial charge on any atom is 0.133 e. The van der Waals surface area contributed by atoms with Crippen molar-refractivity contribution in [3.05, 3.63) is 11.6 Å². The van der Waals surface area contributed by atoms with Crippen molar-refractivity contribution in [2.24, 2.45) is 28.6 Å². The minimum absolute atomic E-state index is 0.114. The van der Waals surface area contributed by atoms with Crippen LogP contribution in [0, 0.1) is 28.6 Å². The van der Waals surface area contributed by atoms with Crippen LogP contribution in [0.4, 0.5) is 0 Å². The molecule has 3 saturated carbocycles. The highest BCUT2D eigenvalue weighted by atomic mass is 16.3. The van der Waals surface area contributed by atoms with E-state index in [9.17, 15) is 9.90 Å². The molecule has 6 atom stereocenters. The van der Waals surface area contributed by atoms with Gasteiger partial charge in [-0.2, -0.15) is 0 Å². The number of hydrogen-bond donors (Lipinski definition) is 1. The first-order chi connectivity index (χ1) is 10.4. The van der Waals surface area contributed by atoms with Gasteiger partial charge in [-0.3, -0.25) is 4.79 Å². The van der Waals surface area contributed by atoms with Gasteiger partial charge in [0, 0.05) is 12.8 Å². The summed E-state index contributed by atoms with van der Waals surface area (Å²) in [7, 11) is 0. The van der Waals surface area contributed by atoms with Gasteiger partial charge >= 0.3 is 0 Å². The Hall–Kier alpha value is -0.630. The fraction of sp³-hybridized carbons (Fsp3) is 0.850. The van der Waals surface area contributed by atoms with E-state index in [2.05, 4.69) is 19.9 Å². The molecule has 4 aliphatic rings. The fourth-order valence-corrected chi connectivity index (χ4v) is 6.67. The van der Waals surface area contributed by atoms with Gasteiger partial charge < -0.3 is 5.11 Å². The monoisotopic (exact) mass is 302 g/mol. The van der Waals surface area contributed by atoms with Gasteiger partial charge in [0.25, 0.3) is 0 Å². The van der Waals surface area contributed by atoms with Crippen molar-refractivity contribution < 1.29 is 9.90 Å². The molecule has 0 spiro atoms. The number of carbonyl (C=O) groups excluding carboxylic acids is 1. The van der Waals surface area contributed by atoms with Gasteiger partial charge in [-0.05, 0) is 73.5 Å². The second kappa shape index (κ2) is 4.93. The quantitative estimate of drug-likeness (QED) is 0.679. The molecular weight excluding hydrogens is 272 g/mol. The van der Waals surface area contributed by atoms with Crippen LogP contribution in [0.1, 0.15) is 71.6 Å². The van der Waals surface area contributed by atoms with Gasteiger partial charge in [0.2, 0.25) is 0 Å². The van der Waals surface area contributed by atoms with Crippen LogP contribution in [0.15, 0.2) is 11.6 Å². The van der Waals surface area contributed by atoms with Crippen LogP contribution in [-0.2, 0) is 4.79 Å². The Labute approximate surface area is 134 Å². The van der Waals surface area contributed by atoms with E-state index in [0.717, 1.165) is 56.3 Å². The summed E-state index contributed by atoms with van der Waals surface area (Å²) in [6.45, 7) is 4.86. The summed E-state index contributed by atoms with van der Waals surface area (Å²) in [5.41, 5.74) is 2.14. The molecule has 4 rings (SSSR count). The number of Topliss-reactive ketones (excluding diaryl/α,β-unsaturated/α-hetero) is 1. The maximum absolute atomic E-state index is 12.0. The molecule has 2 heteroatoms. The van der Waals surface area contributed by atoms with Gasteiger partial charge in [0.05, 0.1) is 6.10 Å². The number of aliphatic hydroxyl groups is 1. The standard InChI is InChI=1S/C20H30O2/c1-19-9-8-18-16(17(19)6-4-15(22)12-19)5-3-13-11-14(21)7-10-20(13,18)2/h3,14,16-18,21H,4-12H2,1-2H3. The molecule has 0 aromatic rings. The van der Waals surface area contributed by atoms with Crippen molar-refractivity contribution in [1.82, 2.24) is 0 Å². The molecule has 2 nitrogen and oxygen atoms in total. The number of hydrogen-bond acceptors (Lipinski definition) is 2. The number of fused-ring (bicyclic) bond motifs is 5. The summed E-state index contributed by atoms with van der Waals surface area (Å²) in [5.74, 6) is 2.80. The van der Waals surface area contributed by atoms with Crippen LogP contribution >= 0.6 is 0 Å². The number of rotatable bonds is 0. The number of carbonyl (C=O) groups is 1. The molecule has 122 valence electrons. The van der Waals surface area contributed by atoms with Crippen LogP contribution in [0.25, 0.3) is 0 Å². The van der Waals surface area contributed by atoms with Crippen LogP contribution in [-0.4, -0.2) is 17.0 Å². The lowest BCUT2D eigenvalue weighted by Crippen LogP contribution is -2.52. The Bertz CT molecular complexity index is 522. The Kier molecular flexibility index (Phi) is 3.35. The van der Waals surface area contributed by atoms with Crippen molar-refractivity contribution in [2.45, 2.75) is 77.7 Å². The molecule has 6 unspecified atom stereocenters. The molecule has 1 N–H and O–H groups in total. The summed E-state index contributed by atoms with van der Waals surface area (Å²) in [6.07, 6.45) is 11.9. The van der Waals surface area contributed by atoms with E-state index >= 15 is 0 Å². The molecule has 0 saturated heterocycles. The third-order valence-electron chi connectivity index (χ3n) is 7.93. The Morgan fingerprint density at radius 3 is 2.77 bits per heavy atom. The first-order valence-electron chi connectivity index (χ1n) is 9.32. The molecule has 22 heavy (non-hydrogen) atoms. The van der Waals surface area contributed by atoms with Crippen molar-refractivity contribution in [3.8, 4) is 0 Å². The summed E-state index contributed by atoms with van der Waals surface area (Å²) in [4.78, 5) is 12.0. The number of allylic oxidation sites excluding steroid dienone is 1. The summed E-state index contributed by atoms with van der Waals surface area (Å²) in [5, 5.41) is 10.0. The zero-order valence-corrected chi connectivity index (χ0v) is 14.1. The molecule has 4 aliphatic carbocycles. The number of aliphatic hydroxyl groups excluding tert-OH is 1. The first kappa shape index (κ1) is 14.9. The van der Waals surface area contributed by atoms with Crippen molar-refractivity contribution in [3.63, 3.8) is 0 Å². The molecule has 3 fully saturated rings. The van der Waals surface area contributed by atoms with Crippen LogP contribution in [0.5, 0.6) is 0 Å². The lowest BCUT2D eigenvalue weighted by Gasteiger charge is -2.59. The molecule has 0 aromatic heterocycles. The van der Waals surface area contributed by atoms with E-state index in [1.165, 1.54) is 19.3 Å². The van der Waals surface area contributed by atoms with Crippen LogP contribution in [0.2, 0.25) is 0 Å². The highest BCUT2D eigenvalue weighted by Gasteiger charge is 2.55. The summed E-state index contributed by atoms with van der Waals surface area (Å²) in [6, 6.07) is 0. The average Bonchev–Trinajstić information content (AvgIpc) is 2.46. The highest BCUT2D eigenvalue weighted by molar-refractivity contribution is 5.80. The average molecular weight is 302 g/mol. The van der Waals surface area contributed by atoms with E-state index in [-0.39, 0.29) is 11.5 Å². The lowest BCUT2D eigenvalue weighted by molar-refractivity contribution is -0.132. The van der Waals surface area contributed by atoms with E-state index in [0.29, 0.717) is 11.2 Å². The van der Waals surface area contributed by atoms with Crippen molar-refractivity contribution in [1.29, 1.82) is 0 Å². The molecule has 0 heterocycles. The Morgan fingerprint density at radius 1 is 1.14 bits per heavy atom. The van der Waals surface area contributed by atoms with Gasteiger partial charge in [-0.25, -0.2) is 0 Å². The molecule has 0 aliphatic heterocycles. The first-order valence-corrected chi connectivity index (χ1v) is 9.32. The van der Waals surface area contributed by atoms with Crippen LogP contribution in [0.3, 0.4) is 0 Å². The predicted molar refractivity (Wildman–Crippen MR) is 87.3 cm³/mol. The molecular formula is C20H30O2. The summed E-state index contributed by atoms with van der Waals surface area (Å²) >= 11 is 0. The van der Waals surface area contributed by atoms with E-state index < -0.39 is 0 Å². The summed E-state index contributed by atoms with van der Waals surface area (Å²) < 4.78 is 0. The zero-order chi connectivity index (χ0) is 15.5. The van der Waals surface area contributed by atoms with Gasteiger partial charge in [-0.15, -0.1) is 0 Å². The van der Waals surface area contributed by atoms with E-state index in [1.54, 1.807) is 5.57 Å². The Balaban J connectivity index is 1.66. The lowest BCUT2D eigenvalue weighted by atomic mass is 9.45. The van der Waals surface area contributed by atoms with Crippen molar-refractivity contribution in [2.75, 3.05) is 0 Å². The minimum Gasteiger partial charge on any atom is -0.393 e. The largest absolute Gasteiger partial charge is 0.393 e. The third kappa shape index (κ3) is 2.06. The second-order valence-electron chi connectivity index (χ2n) is 9.10. The van der Waals surface area contributed by atoms with Gasteiger partial charge in [0.1, 0.15) is 5.78 Å². The topological polar surface area (TPSA) is 37.3 Å². The Morgan fingerprint density at radius 2 is 1.95 bits per heavy atom. The second-order valence-corrected chi connectivity index (χ2v) is 9.10. The third-order valence-corrected chi connectivity index (χ3v) is 7.93. The molecule has 0 bridgehead atoms. The van der Waals surface area contributed by atoms with Crippen LogP contribution < -0.4 is 0 Å². The van der Waals surface area contributed by atoms with Crippen molar-refractivity contribution >= 4 is 5.78 Å². The number of ketones is 1. The van der Waals surface area contributed by atoms with Gasteiger partial charge in [0.15, 0.2) is 0 Å². The smallest absolute Gasteiger partial charge is 0.133 e. The zero-order valence-electron chi connectivity index (χ0n) is 14.1. The van der Waals surface area contributed by atoms with E-state index in [1.807, 2.05) is 0 Å². The minimum atomic E-state index is -0.114.